The molecule has 1 aliphatic heterocycles. The highest BCUT2D eigenvalue weighted by Crippen LogP contribution is 2.34. The summed E-state index contributed by atoms with van der Waals surface area (Å²) in [6.45, 7) is 0.163. The van der Waals surface area contributed by atoms with Gasteiger partial charge in [0.25, 0.3) is 5.90 Å². The van der Waals surface area contributed by atoms with Crippen LogP contribution in [0.25, 0.3) is 10.4 Å². The minimum Gasteiger partial charge on any atom is -0.441 e. The first-order valence-electron chi connectivity index (χ1n) is 16.2. The Hall–Kier alpha value is -4.05. The third kappa shape index (κ3) is 12.6. The van der Waals surface area contributed by atoms with E-state index in [4.69, 9.17) is 34.0 Å². The highest BCUT2D eigenvalue weighted by atomic mass is 33.1. The number of para-hydroxylation sites is 1. The molecule has 3 unspecified atom stereocenters. The Morgan fingerprint density at radius 3 is 1.71 bits per heavy atom. The molecule has 52 heavy (non-hydrogen) atoms. The highest BCUT2D eigenvalue weighted by Gasteiger charge is 2.52. The number of hydrogen-bond donors (Lipinski definition) is 0. The van der Waals surface area contributed by atoms with Crippen molar-refractivity contribution in [2.45, 2.75) is 56.7 Å². The van der Waals surface area contributed by atoms with Gasteiger partial charge in [0.2, 0.25) is 6.29 Å². The maximum Gasteiger partial charge on any atom is 0.468 e. The Morgan fingerprint density at radius 1 is 0.692 bits per heavy atom. The molecule has 0 amide bonds. The molecule has 0 aliphatic carbocycles. The van der Waals surface area contributed by atoms with E-state index >= 15 is 0 Å². The predicted octanol–water partition coefficient (Wildman–Crippen LogP) is 9.40. The van der Waals surface area contributed by atoms with E-state index in [0.29, 0.717) is 0 Å². The molecular weight excluding hydrogens is 718 g/mol. The van der Waals surface area contributed by atoms with Crippen molar-refractivity contribution in [3.05, 3.63) is 148 Å². The van der Waals surface area contributed by atoms with E-state index in [1.165, 1.54) is 33.7 Å². The van der Waals surface area contributed by atoms with Crippen LogP contribution in [-0.2, 0) is 48.2 Å². The van der Waals surface area contributed by atoms with E-state index in [1.807, 2.05) is 91.0 Å². The summed E-state index contributed by atoms with van der Waals surface area (Å²) in [7, 11) is 2.59. The average molecular weight is 755 g/mol. The van der Waals surface area contributed by atoms with E-state index in [-0.39, 0.29) is 43.9 Å². The van der Waals surface area contributed by atoms with E-state index in [2.05, 4.69) is 15.0 Å². The van der Waals surface area contributed by atoms with Gasteiger partial charge < -0.3 is 28.4 Å². The van der Waals surface area contributed by atoms with E-state index in [0.717, 1.165) is 16.7 Å². The van der Waals surface area contributed by atoms with Crippen LogP contribution in [0.15, 0.2) is 131 Å². The molecule has 4 aromatic rings. The van der Waals surface area contributed by atoms with Gasteiger partial charge >= 0.3 is 6.18 Å². The molecule has 4 aromatic carbocycles. The molecule has 1 aliphatic rings. The van der Waals surface area contributed by atoms with Crippen molar-refractivity contribution in [2.24, 2.45) is 10.1 Å². The molecule has 10 nitrogen and oxygen atoms in total. The number of benzene rings is 4. The fourth-order valence-corrected chi connectivity index (χ4v) is 6.36. The number of alkyl halides is 3. The molecule has 1 heterocycles. The smallest absolute Gasteiger partial charge is 0.441 e. The Morgan fingerprint density at radius 2 is 1.19 bits per heavy atom. The second-order valence-electron chi connectivity index (χ2n) is 11.3. The minimum atomic E-state index is -4.98. The van der Waals surface area contributed by atoms with Crippen LogP contribution in [0.3, 0.4) is 0 Å². The van der Waals surface area contributed by atoms with Crippen LogP contribution >= 0.6 is 21.6 Å². The minimum absolute atomic E-state index is 0.0166. The van der Waals surface area contributed by atoms with Gasteiger partial charge in [0.15, 0.2) is 0 Å². The van der Waals surface area contributed by atoms with Crippen LogP contribution in [0.1, 0.15) is 16.7 Å². The van der Waals surface area contributed by atoms with Crippen LogP contribution in [0.2, 0.25) is 0 Å². The van der Waals surface area contributed by atoms with Crippen LogP contribution < -0.4 is 0 Å². The molecule has 1 fully saturated rings. The van der Waals surface area contributed by atoms with Crippen LogP contribution in [0.5, 0.6) is 0 Å². The van der Waals surface area contributed by atoms with Crippen molar-refractivity contribution < 1.29 is 41.6 Å². The fraction of sp³-hybridized carbons (Fsp3) is 0.324. The highest BCUT2D eigenvalue weighted by molar-refractivity contribution is 8.76. The second-order valence-corrected chi connectivity index (χ2v) is 13.7. The normalized spacial score (nSPS) is 20.6. The number of ether oxygens (including phenoxy) is 6. The van der Waals surface area contributed by atoms with Crippen LogP contribution in [0, 0.1) is 0 Å². The number of nitrogens with zero attached hydrogens (tertiary/aromatic N) is 4. The van der Waals surface area contributed by atoms with Crippen molar-refractivity contribution in [2.75, 3.05) is 18.4 Å². The topological polar surface area (TPSA) is 117 Å². The first kappa shape index (κ1) is 39.2. The van der Waals surface area contributed by atoms with Gasteiger partial charge in [-0.2, -0.15) is 13.2 Å². The lowest BCUT2D eigenvalue weighted by Gasteiger charge is -2.45. The Balaban J connectivity index is 1.50. The third-order valence-electron chi connectivity index (χ3n) is 7.57. The Bertz CT molecular complexity index is 1690. The quantitative estimate of drug-likeness (QED) is 0.0144. The zero-order valence-electron chi connectivity index (χ0n) is 27.9. The lowest BCUT2D eigenvalue weighted by atomic mass is 9.97. The molecule has 1 saturated heterocycles. The van der Waals surface area contributed by atoms with E-state index in [1.54, 1.807) is 18.2 Å². The average Bonchev–Trinajstić information content (AvgIpc) is 3.16. The molecule has 274 valence electrons. The van der Waals surface area contributed by atoms with E-state index in [9.17, 15) is 13.2 Å². The van der Waals surface area contributed by atoms with Gasteiger partial charge in [0.05, 0.1) is 38.0 Å². The lowest BCUT2D eigenvalue weighted by molar-refractivity contribution is -0.315. The van der Waals surface area contributed by atoms with Gasteiger partial charge in [0, 0.05) is 4.91 Å². The molecule has 0 saturated carbocycles. The molecule has 5 atom stereocenters. The van der Waals surface area contributed by atoms with Gasteiger partial charge in [-0.1, -0.05) is 136 Å². The van der Waals surface area contributed by atoms with Gasteiger partial charge in [-0.25, -0.2) is 4.99 Å². The maximum atomic E-state index is 14.6. The summed E-state index contributed by atoms with van der Waals surface area (Å²) >= 11 is 0. The summed E-state index contributed by atoms with van der Waals surface area (Å²) in [6.07, 6.45) is -10.7. The summed E-state index contributed by atoms with van der Waals surface area (Å²) in [4.78, 5) is 6.55. The molecule has 15 heteroatoms. The maximum absolute atomic E-state index is 14.6. The fourth-order valence-electron chi connectivity index (χ4n) is 5.18. The monoisotopic (exact) mass is 754 g/mol. The summed E-state index contributed by atoms with van der Waals surface area (Å²) < 4.78 is 81.2. The zero-order chi connectivity index (χ0) is 36.4. The third-order valence-corrected chi connectivity index (χ3v) is 9.33. The summed E-state index contributed by atoms with van der Waals surface area (Å²) in [5, 5.41) is 3.49. The van der Waals surface area contributed by atoms with Crippen molar-refractivity contribution in [3.8, 4) is 0 Å². The molecule has 0 radical (unpaired) electrons. The van der Waals surface area contributed by atoms with Crippen LogP contribution in [0.4, 0.5) is 18.9 Å². The Labute approximate surface area is 307 Å². The van der Waals surface area contributed by atoms with Gasteiger partial charge in [0.1, 0.15) is 30.4 Å². The number of halogens is 3. The van der Waals surface area contributed by atoms with Crippen molar-refractivity contribution in [1.29, 1.82) is 0 Å². The Kier molecular flexibility index (Phi) is 15.7. The number of rotatable bonds is 18. The predicted molar refractivity (Wildman–Crippen MR) is 194 cm³/mol. The molecular formula is C37H37F3N4O6S2. The van der Waals surface area contributed by atoms with Crippen LogP contribution in [-0.4, -0.2) is 61.2 Å². The molecule has 0 bridgehead atoms. The molecule has 0 spiro atoms. The number of azide groups is 1. The van der Waals surface area contributed by atoms with E-state index < -0.39 is 42.8 Å². The van der Waals surface area contributed by atoms with Gasteiger partial charge in [-0.05, 0) is 34.4 Å². The zero-order valence-corrected chi connectivity index (χ0v) is 29.5. The van der Waals surface area contributed by atoms with Crippen molar-refractivity contribution in [1.82, 2.24) is 0 Å². The summed E-state index contributed by atoms with van der Waals surface area (Å²) in [6, 6.07) is 35.7. The molecule has 5 rings (SSSR count). The molecule has 0 aromatic heterocycles. The first-order valence-corrected chi connectivity index (χ1v) is 18.7. The molecule has 0 N–H and O–H groups in total. The first-order chi connectivity index (χ1) is 25.4. The van der Waals surface area contributed by atoms with Crippen molar-refractivity contribution >= 4 is 33.2 Å². The number of aliphatic imine (C=N–C) groups is 1. The summed E-state index contributed by atoms with van der Waals surface area (Å²) in [5.74, 6) is -1.15. The SMILES string of the molecule is [N-]=[N+]=NCSSCOCC1O[C@@H](O/C(=N/c2ccccc2)C(F)(F)F)C(OCc2ccccc2)C(OCc2ccccc2)[C@H]1OCc1ccccc1. The summed E-state index contributed by atoms with van der Waals surface area (Å²) in [5.41, 5.74) is 11.1. The number of hydrogen-bond acceptors (Lipinski definition) is 10. The van der Waals surface area contributed by atoms with Gasteiger partial charge in [-0.3, -0.25) is 0 Å². The largest absolute Gasteiger partial charge is 0.468 e. The lowest BCUT2D eigenvalue weighted by Crippen LogP contribution is -2.62. The standard InChI is InChI=1S/C37H37F3N4O6S2/c38-37(39,40)36(43-30-19-11-4-12-20-30)50-35-34(48-23-29-17-9-3-10-18-29)33(47-22-28-15-7-2-8-16-28)32(46-21-27-13-5-1-6-14-27)31(49-35)24-45-26-52-51-25-42-44-41/h1-20,31-35H,21-26H2/b43-36+/t31?,32-,33?,34?,35-/m0/s1. The second kappa shape index (κ2) is 20.9. The van der Waals surface area contributed by atoms with Crippen molar-refractivity contribution in [3.63, 3.8) is 0 Å². The van der Waals surface area contributed by atoms with Gasteiger partial charge in [-0.15, -0.1) is 0 Å².